The SMILES string of the molecule is C[C@@H]1CCCC[C@@H]1NC(=O)NC(=O)COC(=O)c1ccccc1[S@@](C)=O. The van der Waals surface area contributed by atoms with Gasteiger partial charge in [-0.2, -0.15) is 0 Å². The van der Waals surface area contributed by atoms with Crippen molar-refractivity contribution in [3.63, 3.8) is 0 Å². The molecule has 2 N–H and O–H groups in total. The van der Waals surface area contributed by atoms with Gasteiger partial charge in [0.15, 0.2) is 6.61 Å². The number of urea groups is 1. The van der Waals surface area contributed by atoms with Gasteiger partial charge in [-0.3, -0.25) is 14.3 Å². The number of hydrogen-bond donors (Lipinski definition) is 2. The first-order valence-corrected chi connectivity index (χ1v) is 10.1. The van der Waals surface area contributed by atoms with Crippen LogP contribution in [-0.4, -0.2) is 41.0 Å². The molecule has 1 aliphatic carbocycles. The molecule has 3 amide bonds. The normalized spacial score (nSPS) is 20.7. The lowest BCUT2D eigenvalue weighted by molar-refractivity contribution is -0.123. The number of imide groups is 1. The predicted octanol–water partition coefficient (Wildman–Crippen LogP) is 1.99. The minimum atomic E-state index is -1.36. The van der Waals surface area contributed by atoms with Crippen LogP contribution in [0.25, 0.3) is 0 Å². The van der Waals surface area contributed by atoms with Crippen molar-refractivity contribution in [3.05, 3.63) is 29.8 Å². The van der Waals surface area contributed by atoms with Gasteiger partial charge in [0.1, 0.15) is 0 Å². The lowest BCUT2D eigenvalue weighted by Gasteiger charge is -2.29. The average Bonchev–Trinajstić information content (AvgIpc) is 2.61. The second-order valence-electron chi connectivity index (χ2n) is 6.42. The standard InChI is InChI=1S/C18H24N2O5S/c1-12-7-3-5-9-14(12)19-18(23)20-16(21)11-25-17(22)13-8-4-6-10-15(13)26(2)24/h4,6,8,10,12,14H,3,5,7,9,11H2,1-2H3,(H2,19,20,21,23)/t12-,14+,26-/m1/s1. The molecule has 2 rings (SSSR count). The zero-order valence-corrected chi connectivity index (χ0v) is 15.8. The third kappa shape index (κ3) is 5.66. The Labute approximate surface area is 155 Å². The van der Waals surface area contributed by atoms with E-state index in [2.05, 4.69) is 17.6 Å². The van der Waals surface area contributed by atoms with Crippen LogP contribution < -0.4 is 10.6 Å². The summed E-state index contributed by atoms with van der Waals surface area (Å²) in [6.07, 6.45) is 5.60. The Kier molecular flexibility index (Phi) is 7.32. The maximum atomic E-state index is 12.1. The fourth-order valence-corrected chi connectivity index (χ4v) is 3.72. The summed E-state index contributed by atoms with van der Waals surface area (Å²) in [7, 11) is -1.36. The van der Waals surface area contributed by atoms with Crippen LogP contribution in [0.4, 0.5) is 4.79 Å². The summed E-state index contributed by atoms with van der Waals surface area (Å²) in [6, 6.07) is 5.79. The van der Waals surface area contributed by atoms with Gasteiger partial charge in [0.25, 0.3) is 5.91 Å². The van der Waals surface area contributed by atoms with Crippen molar-refractivity contribution in [2.24, 2.45) is 5.92 Å². The van der Waals surface area contributed by atoms with Crippen LogP contribution in [0.5, 0.6) is 0 Å². The predicted molar refractivity (Wildman–Crippen MR) is 97.2 cm³/mol. The molecule has 7 nitrogen and oxygen atoms in total. The number of benzene rings is 1. The molecule has 0 bridgehead atoms. The summed E-state index contributed by atoms with van der Waals surface area (Å²) >= 11 is 0. The molecule has 0 radical (unpaired) electrons. The number of hydrogen-bond acceptors (Lipinski definition) is 5. The highest BCUT2D eigenvalue weighted by Gasteiger charge is 2.23. The first-order chi connectivity index (χ1) is 12.4. The summed E-state index contributed by atoms with van der Waals surface area (Å²) < 4.78 is 16.6. The van der Waals surface area contributed by atoms with E-state index in [4.69, 9.17) is 4.74 Å². The van der Waals surface area contributed by atoms with Gasteiger partial charge in [0, 0.05) is 12.3 Å². The maximum Gasteiger partial charge on any atom is 0.339 e. The molecule has 0 heterocycles. The van der Waals surface area contributed by atoms with Crippen LogP contribution in [0.1, 0.15) is 43.0 Å². The summed E-state index contributed by atoms with van der Waals surface area (Å²) in [5, 5.41) is 4.96. The van der Waals surface area contributed by atoms with Gasteiger partial charge in [0.2, 0.25) is 0 Å². The zero-order chi connectivity index (χ0) is 19.1. The summed E-state index contributed by atoms with van der Waals surface area (Å²) in [5.74, 6) is -1.10. The van der Waals surface area contributed by atoms with Crippen molar-refractivity contribution < 1.29 is 23.3 Å². The van der Waals surface area contributed by atoms with Crippen molar-refractivity contribution in [3.8, 4) is 0 Å². The van der Waals surface area contributed by atoms with E-state index >= 15 is 0 Å². The Bertz CT molecular complexity index is 707. The van der Waals surface area contributed by atoms with Crippen LogP contribution in [0, 0.1) is 5.92 Å². The lowest BCUT2D eigenvalue weighted by atomic mass is 9.86. The number of rotatable bonds is 5. The largest absolute Gasteiger partial charge is 0.452 e. The number of carbonyl (C=O) groups is 3. The zero-order valence-electron chi connectivity index (χ0n) is 14.9. The third-order valence-electron chi connectivity index (χ3n) is 4.43. The van der Waals surface area contributed by atoms with E-state index in [0.29, 0.717) is 10.8 Å². The van der Waals surface area contributed by atoms with Crippen LogP contribution >= 0.6 is 0 Å². The van der Waals surface area contributed by atoms with Gasteiger partial charge >= 0.3 is 12.0 Å². The molecule has 0 aromatic heterocycles. The van der Waals surface area contributed by atoms with Gasteiger partial charge in [-0.1, -0.05) is 31.9 Å². The van der Waals surface area contributed by atoms with Crippen molar-refractivity contribution >= 4 is 28.7 Å². The van der Waals surface area contributed by atoms with Crippen LogP contribution in [0.3, 0.4) is 0 Å². The second kappa shape index (κ2) is 9.47. The highest BCUT2D eigenvalue weighted by Crippen LogP contribution is 2.23. The number of carbonyl (C=O) groups excluding carboxylic acids is 3. The number of ether oxygens (including phenoxy) is 1. The molecule has 26 heavy (non-hydrogen) atoms. The number of nitrogens with one attached hydrogen (secondary N) is 2. The van der Waals surface area contributed by atoms with Gasteiger partial charge in [-0.05, 0) is 30.9 Å². The van der Waals surface area contributed by atoms with Crippen molar-refractivity contribution in [2.75, 3.05) is 12.9 Å². The van der Waals surface area contributed by atoms with Gasteiger partial charge < -0.3 is 10.1 Å². The summed E-state index contributed by atoms with van der Waals surface area (Å²) in [6.45, 7) is 1.49. The fourth-order valence-electron chi connectivity index (χ4n) is 2.99. The molecule has 1 aromatic rings. The van der Waals surface area contributed by atoms with Gasteiger partial charge in [0.05, 0.1) is 21.3 Å². The maximum absolute atomic E-state index is 12.1. The molecule has 1 aliphatic rings. The van der Waals surface area contributed by atoms with E-state index in [9.17, 15) is 18.6 Å². The molecular weight excluding hydrogens is 356 g/mol. The van der Waals surface area contributed by atoms with E-state index in [1.807, 2.05) is 0 Å². The minimum absolute atomic E-state index is 0.0468. The quantitative estimate of drug-likeness (QED) is 0.761. The molecule has 1 fully saturated rings. The molecule has 142 valence electrons. The smallest absolute Gasteiger partial charge is 0.339 e. The van der Waals surface area contributed by atoms with Crippen LogP contribution in [0.2, 0.25) is 0 Å². The first-order valence-electron chi connectivity index (χ1n) is 8.58. The van der Waals surface area contributed by atoms with Crippen molar-refractivity contribution in [2.45, 2.75) is 43.5 Å². The topological polar surface area (TPSA) is 102 Å². The van der Waals surface area contributed by atoms with E-state index < -0.39 is 35.3 Å². The summed E-state index contributed by atoms with van der Waals surface area (Å²) in [4.78, 5) is 36.1. The monoisotopic (exact) mass is 380 g/mol. The molecule has 3 atom stereocenters. The van der Waals surface area contributed by atoms with Crippen LogP contribution in [-0.2, 0) is 20.3 Å². The highest BCUT2D eigenvalue weighted by atomic mass is 32.2. The third-order valence-corrected chi connectivity index (χ3v) is 5.41. The number of esters is 1. The average molecular weight is 380 g/mol. The molecule has 0 saturated heterocycles. The van der Waals surface area contributed by atoms with Crippen molar-refractivity contribution in [1.82, 2.24) is 10.6 Å². The Morgan fingerprint density at radius 1 is 1.19 bits per heavy atom. The molecule has 0 unspecified atom stereocenters. The van der Waals surface area contributed by atoms with Gasteiger partial charge in [-0.25, -0.2) is 9.59 Å². The first kappa shape index (κ1) is 20.1. The second-order valence-corrected chi connectivity index (χ2v) is 7.76. The Hall–Kier alpha value is -2.22. The fraction of sp³-hybridized carbons (Fsp3) is 0.500. The molecule has 0 aliphatic heterocycles. The Balaban J connectivity index is 1.82. The van der Waals surface area contributed by atoms with Gasteiger partial charge in [-0.15, -0.1) is 0 Å². The molecule has 1 saturated carbocycles. The van der Waals surface area contributed by atoms with Crippen molar-refractivity contribution in [1.29, 1.82) is 0 Å². The minimum Gasteiger partial charge on any atom is -0.452 e. The Morgan fingerprint density at radius 3 is 2.58 bits per heavy atom. The molecule has 1 aromatic carbocycles. The molecular formula is C18H24N2O5S. The Morgan fingerprint density at radius 2 is 1.88 bits per heavy atom. The van der Waals surface area contributed by atoms with E-state index in [1.54, 1.807) is 18.2 Å². The lowest BCUT2D eigenvalue weighted by Crippen LogP contribution is -2.48. The van der Waals surface area contributed by atoms with E-state index in [0.717, 1.165) is 25.7 Å². The molecule has 0 spiro atoms. The van der Waals surface area contributed by atoms with E-state index in [-0.39, 0.29) is 11.6 Å². The number of amides is 3. The molecule has 8 heteroatoms. The summed E-state index contributed by atoms with van der Waals surface area (Å²) in [5.41, 5.74) is 0.140. The highest BCUT2D eigenvalue weighted by molar-refractivity contribution is 7.84. The van der Waals surface area contributed by atoms with Crippen LogP contribution in [0.15, 0.2) is 29.2 Å². The van der Waals surface area contributed by atoms with E-state index in [1.165, 1.54) is 12.3 Å².